The number of hydrogen-bond donors (Lipinski definition) is 1. The van der Waals surface area contributed by atoms with Gasteiger partial charge in [0.05, 0.1) is 0 Å². The quantitative estimate of drug-likeness (QED) is 0.724. The lowest BCUT2D eigenvalue weighted by molar-refractivity contribution is -0.127. The number of methoxy groups -OCH3 is 1. The number of carbonyl (C=O) groups excluding carboxylic acids is 1. The summed E-state index contributed by atoms with van der Waals surface area (Å²) in [6.07, 6.45) is 0.274. The Labute approximate surface area is 135 Å². The van der Waals surface area contributed by atoms with Crippen LogP contribution in [0.15, 0.2) is 22.7 Å². The molecule has 5 heteroatoms. The molecule has 1 aromatic carbocycles. The summed E-state index contributed by atoms with van der Waals surface area (Å²) in [6, 6.07) is 5.85. The number of amides is 1. The molecule has 1 rings (SSSR count). The first-order valence-electron chi connectivity index (χ1n) is 7.18. The highest BCUT2D eigenvalue weighted by Crippen LogP contribution is 2.30. The number of benzene rings is 1. The summed E-state index contributed by atoms with van der Waals surface area (Å²) in [4.78, 5) is 12.0. The van der Waals surface area contributed by atoms with E-state index in [-0.39, 0.29) is 5.91 Å². The molecule has 0 saturated heterocycles. The first kappa shape index (κ1) is 18.0. The van der Waals surface area contributed by atoms with Crippen LogP contribution in [0.4, 0.5) is 0 Å². The van der Waals surface area contributed by atoms with Gasteiger partial charge in [0, 0.05) is 24.7 Å². The van der Waals surface area contributed by atoms with Gasteiger partial charge in [0.25, 0.3) is 5.91 Å². The van der Waals surface area contributed by atoms with Crippen LogP contribution in [0.5, 0.6) is 5.75 Å². The van der Waals surface area contributed by atoms with Gasteiger partial charge in [0.2, 0.25) is 0 Å². The summed E-state index contributed by atoms with van der Waals surface area (Å²) in [5, 5.41) is 2.84. The number of hydrogen-bond acceptors (Lipinski definition) is 3. The van der Waals surface area contributed by atoms with Gasteiger partial charge in [-0.25, -0.2) is 0 Å². The molecular weight excluding hydrogens is 334 g/mol. The van der Waals surface area contributed by atoms with Crippen molar-refractivity contribution >= 4 is 21.8 Å². The summed E-state index contributed by atoms with van der Waals surface area (Å²) < 4.78 is 11.8. The maximum absolute atomic E-state index is 12.0. The van der Waals surface area contributed by atoms with Gasteiger partial charge in [-0.1, -0.05) is 29.8 Å². The zero-order valence-corrected chi connectivity index (χ0v) is 14.7. The standard InChI is InChI=1S/C16H24BrNO3/c1-11(2)14-10-13(17)6-7-15(14)21-12(3)16(19)18-8-5-9-20-4/h6-7,10-12H,5,8-9H2,1-4H3,(H,18,19). The molecule has 118 valence electrons. The van der Waals surface area contributed by atoms with Crippen LogP contribution in [-0.4, -0.2) is 32.3 Å². The van der Waals surface area contributed by atoms with E-state index in [1.165, 1.54) is 0 Å². The van der Waals surface area contributed by atoms with Gasteiger partial charge in [-0.3, -0.25) is 4.79 Å². The molecule has 0 radical (unpaired) electrons. The Balaban J connectivity index is 2.61. The smallest absolute Gasteiger partial charge is 0.260 e. The molecule has 0 aliphatic carbocycles. The first-order chi connectivity index (χ1) is 9.95. The van der Waals surface area contributed by atoms with Gasteiger partial charge in [0.15, 0.2) is 6.10 Å². The summed E-state index contributed by atoms with van der Waals surface area (Å²) >= 11 is 3.46. The van der Waals surface area contributed by atoms with Crippen LogP contribution in [0.25, 0.3) is 0 Å². The van der Waals surface area contributed by atoms with E-state index in [1.807, 2.05) is 18.2 Å². The van der Waals surface area contributed by atoms with Crippen LogP contribution in [0, 0.1) is 0 Å². The Morgan fingerprint density at radius 2 is 2.05 bits per heavy atom. The Hall–Kier alpha value is -1.07. The van der Waals surface area contributed by atoms with Crippen LogP contribution in [0.2, 0.25) is 0 Å². The SMILES string of the molecule is COCCCNC(=O)C(C)Oc1ccc(Br)cc1C(C)C. The van der Waals surface area contributed by atoms with Crippen molar-refractivity contribution in [2.75, 3.05) is 20.3 Å². The molecule has 1 amide bonds. The maximum atomic E-state index is 12.0. The molecule has 0 saturated carbocycles. The van der Waals surface area contributed by atoms with E-state index in [9.17, 15) is 4.79 Å². The molecule has 0 aromatic heterocycles. The van der Waals surface area contributed by atoms with Gasteiger partial charge in [-0.2, -0.15) is 0 Å². The van der Waals surface area contributed by atoms with Gasteiger partial charge in [0.1, 0.15) is 5.75 Å². The minimum atomic E-state index is -0.522. The average Bonchev–Trinajstić information content (AvgIpc) is 2.44. The minimum absolute atomic E-state index is 0.108. The van der Waals surface area contributed by atoms with Crippen molar-refractivity contribution in [3.8, 4) is 5.75 Å². The van der Waals surface area contributed by atoms with Crippen molar-refractivity contribution in [1.29, 1.82) is 0 Å². The van der Waals surface area contributed by atoms with Crippen LogP contribution in [-0.2, 0) is 9.53 Å². The van der Waals surface area contributed by atoms with E-state index < -0.39 is 6.10 Å². The fraction of sp³-hybridized carbons (Fsp3) is 0.562. The lowest BCUT2D eigenvalue weighted by atomic mass is 10.0. The van der Waals surface area contributed by atoms with Crippen LogP contribution in [0.3, 0.4) is 0 Å². The molecule has 0 heterocycles. The topological polar surface area (TPSA) is 47.6 Å². The number of ether oxygens (including phenoxy) is 2. The van der Waals surface area contributed by atoms with Gasteiger partial charge in [-0.05, 0) is 43.0 Å². The van der Waals surface area contributed by atoms with E-state index in [1.54, 1.807) is 14.0 Å². The highest BCUT2D eigenvalue weighted by atomic mass is 79.9. The highest BCUT2D eigenvalue weighted by Gasteiger charge is 2.17. The van der Waals surface area contributed by atoms with E-state index in [0.717, 1.165) is 22.2 Å². The van der Waals surface area contributed by atoms with Crippen molar-refractivity contribution in [3.63, 3.8) is 0 Å². The second-order valence-corrected chi connectivity index (χ2v) is 6.15. The van der Waals surface area contributed by atoms with Crippen LogP contribution >= 0.6 is 15.9 Å². The maximum Gasteiger partial charge on any atom is 0.260 e. The zero-order valence-electron chi connectivity index (χ0n) is 13.1. The molecule has 1 aromatic rings. The third kappa shape index (κ3) is 6.06. The normalized spacial score (nSPS) is 12.3. The zero-order chi connectivity index (χ0) is 15.8. The fourth-order valence-electron chi connectivity index (χ4n) is 1.89. The molecule has 1 N–H and O–H groups in total. The predicted octanol–water partition coefficient (Wildman–Crippen LogP) is 3.49. The molecule has 1 atom stereocenters. The number of carbonyl (C=O) groups is 1. The van der Waals surface area contributed by atoms with Crippen molar-refractivity contribution < 1.29 is 14.3 Å². The third-order valence-corrected chi connectivity index (χ3v) is 3.58. The number of halogens is 1. The lowest BCUT2D eigenvalue weighted by Crippen LogP contribution is -2.37. The van der Waals surface area contributed by atoms with E-state index in [2.05, 4.69) is 35.1 Å². The fourth-order valence-corrected chi connectivity index (χ4v) is 2.27. The second kappa shape index (κ2) is 9.05. The Kier molecular flexibility index (Phi) is 7.75. The van der Waals surface area contributed by atoms with Crippen LogP contribution in [0.1, 0.15) is 38.7 Å². The Morgan fingerprint density at radius 3 is 2.67 bits per heavy atom. The summed E-state index contributed by atoms with van der Waals surface area (Å²) in [5.74, 6) is 0.978. The monoisotopic (exact) mass is 357 g/mol. The van der Waals surface area contributed by atoms with Crippen LogP contribution < -0.4 is 10.1 Å². The first-order valence-corrected chi connectivity index (χ1v) is 7.97. The summed E-state index contributed by atoms with van der Waals surface area (Å²) in [5.41, 5.74) is 1.09. The Bertz CT molecular complexity index is 463. The van der Waals surface area contributed by atoms with Crippen molar-refractivity contribution in [2.45, 2.75) is 39.2 Å². The molecule has 0 bridgehead atoms. The number of nitrogens with one attached hydrogen (secondary N) is 1. The van der Waals surface area contributed by atoms with E-state index in [4.69, 9.17) is 9.47 Å². The molecule has 21 heavy (non-hydrogen) atoms. The minimum Gasteiger partial charge on any atom is -0.481 e. The summed E-state index contributed by atoms with van der Waals surface area (Å²) in [6.45, 7) is 7.20. The van der Waals surface area contributed by atoms with Gasteiger partial charge < -0.3 is 14.8 Å². The molecule has 0 fully saturated rings. The second-order valence-electron chi connectivity index (χ2n) is 5.23. The van der Waals surface area contributed by atoms with Gasteiger partial charge >= 0.3 is 0 Å². The van der Waals surface area contributed by atoms with Crippen molar-refractivity contribution in [2.24, 2.45) is 0 Å². The highest BCUT2D eigenvalue weighted by molar-refractivity contribution is 9.10. The largest absolute Gasteiger partial charge is 0.481 e. The molecule has 4 nitrogen and oxygen atoms in total. The van der Waals surface area contributed by atoms with E-state index in [0.29, 0.717) is 19.1 Å². The van der Waals surface area contributed by atoms with Crippen molar-refractivity contribution in [3.05, 3.63) is 28.2 Å². The predicted molar refractivity (Wildman–Crippen MR) is 87.8 cm³/mol. The Morgan fingerprint density at radius 1 is 1.33 bits per heavy atom. The van der Waals surface area contributed by atoms with Crippen molar-refractivity contribution in [1.82, 2.24) is 5.32 Å². The summed E-state index contributed by atoms with van der Waals surface area (Å²) in [7, 11) is 1.65. The third-order valence-electron chi connectivity index (χ3n) is 3.09. The molecular formula is C16H24BrNO3. The molecule has 0 spiro atoms. The number of rotatable bonds is 8. The molecule has 0 aliphatic rings. The lowest BCUT2D eigenvalue weighted by Gasteiger charge is -2.19. The molecule has 1 unspecified atom stereocenters. The van der Waals surface area contributed by atoms with E-state index >= 15 is 0 Å². The molecule has 0 aliphatic heterocycles. The van der Waals surface area contributed by atoms with Gasteiger partial charge in [-0.15, -0.1) is 0 Å². The average molecular weight is 358 g/mol.